The van der Waals surface area contributed by atoms with E-state index in [1.807, 2.05) is 50.2 Å². The van der Waals surface area contributed by atoms with Crippen LogP contribution in [0.15, 0.2) is 42.5 Å². The smallest absolute Gasteiger partial charge is 0.245 e. The fourth-order valence-corrected chi connectivity index (χ4v) is 3.68. The van der Waals surface area contributed by atoms with Crippen molar-refractivity contribution in [2.45, 2.75) is 45.2 Å². The molecule has 3 rings (SSSR count). The molecule has 1 fully saturated rings. The zero-order chi connectivity index (χ0) is 19.4. The summed E-state index contributed by atoms with van der Waals surface area (Å²) in [6.45, 7) is 5.21. The second kappa shape index (κ2) is 8.53. The fourth-order valence-electron chi connectivity index (χ4n) is 3.68. The molecule has 27 heavy (non-hydrogen) atoms. The van der Waals surface area contributed by atoms with E-state index in [-0.39, 0.29) is 30.2 Å². The first-order valence-corrected chi connectivity index (χ1v) is 9.75. The maximum Gasteiger partial charge on any atom is 0.245 e. The number of nitrogens with two attached hydrogens (primary N) is 1. The third kappa shape index (κ3) is 4.86. The molecular weight excluding hydrogens is 338 g/mol. The van der Waals surface area contributed by atoms with Gasteiger partial charge >= 0.3 is 0 Å². The van der Waals surface area contributed by atoms with Crippen molar-refractivity contribution < 1.29 is 9.59 Å². The van der Waals surface area contributed by atoms with Gasteiger partial charge in [-0.3, -0.25) is 9.59 Å². The molecule has 0 spiro atoms. The summed E-state index contributed by atoms with van der Waals surface area (Å²) in [6.07, 6.45) is 2.13. The molecule has 0 radical (unpaired) electrons. The molecule has 1 aliphatic rings. The van der Waals surface area contributed by atoms with Gasteiger partial charge in [0.1, 0.15) is 6.04 Å². The monoisotopic (exact) mass is 367 g/mol. The lowest BCUT2D eigenvalue weighted by atomic mass is 9.99. The van der Waals surface area contributed by atoms with Gasteiger partial charge in [-0.15, -0.1) is 0 Å². The fraction of sp³-hybridized carbons (Fsp3) is 0.455. The Kier molecular flexibility index (Phi) is 6.11. The third-order valence-corrected chi connectivity index (χ3v) is 5.20. The summed E-state index contributed by atoms with van der Waals surface area (Å²) >= 11 is 0. The van der Waals surface area contributed by atoms with Gasteiger partial charge in [0.2, 0.25) is 11.8 Å². The molecular formula is C22H29N3O2. The van der Waals surface area contributed by atoms with Crippen LogP contribution in [0.4, 0.5) is 0 Å². The first-order valence-electron chi connectivity index (χ1n) is 9.75. The average molecular weight is 367 g/mol. The SMILES string of the molecule is CC(C)C(NC(=O)Cc1ccc2ccccc2c1)C(=O)N1CCCC(N)C1. The number of amides is 2. The van der Waals surface area contributed by atoms with Crippen LogP contribution in [0, 0.1) is 5.92 Å². The van der Waals surface area contributed by atoms with Gasteiger partial charge < -0.3 is 16.0 Å². The number of nitrogens with zero attached hydrogens (tertiary/aromatic N) is 1. The van der Waals surface area contributed by atoms with E-state index in [2.05, 4.69) is 11.4 Å². The normalized spacial score (nSPS) is 18.5. The van der Waals surface area contributed by atoms with Crippen molar-refractivity contribution in [1.82, 2.24) is 10.2 Å². The number of hydrogen-bond donors (Lipinski definition) is 2. The third-order valence-electron chi connectivity index (χ3n) is 5.20. The first kappa shape index (κ1) is 19.4. The van der Waals surface area contributed by atoms with Crippen molar-refractivity contribution in [2.24, 2.45) is 11.7 Å². The number of nitrogens with one attached hydrogen (secondary N) is 1. The zero-order valence-electron chi connectivity index (χ0n) is 16.2. The first-order chi connectivity index (χ1) is 12.9. The molecule has 1 heterocycles. The van der Waals surface area contributed by atoms with Crippen LogP contribution in [-0.4, -0.2) is 41.9 Å². The van der Waals surface area contributed by atoms with Crippen LogP contribution in [0.2, 0.25) is 0 Å². The van der Waals surface area contributed by atoms with Crippen LogP contribution in [0.1, 0.15) is 32.3 Å². The quantitative estimate of drug-likeness (QED) is 0.852. The number of carbonyl (C=O) groups is 2. The Morgan fingerprint density at radius 2 is 1.93 bits per heavy atom. The van der Waals surface area contributed by atoms with E-state index < -0.39 is 6.04 Å². The van der Waals surface area contributed by atoms with Crippen molar-refractivity contribution in [2.75, 3.05) is 13.1 Å². The van der Waals surface area contributed by atoms with Crippen LogP contribution in [0.25, 0.3) is 10.8 Å². The van der Waals surface area contributed by atoms with Gasteiger partial charge in [0.15, 0.2) is 0 Å². The molecule has 1 saturated heterocycles. The minimum Gasteiger partial charge on any atom is -0.344 e. The highest BCUT2D eigenvalue weighted by Crippen LogP contribution is 2.17. The average Bonchev–Trinajstić information content (AvgIpc) is 2.65. The van der Waals surface area contributed by atoms with Gasteiger partial charge in [0.25, 0.3) is 0 Å². The van der Waals surface area contributed by atoms with Crippen molar-refractivity contribution in [3.8, 4) is 0 Å². The van der Waals surface area contributed by atoms with E-state index in [9.17, 15) is 9.59 Å². The van der Waals surface area contributed by atoms with E-state index in [0.29, 0.717) is 6.54 Å². The summed E-state index contributed by atoms with van der Waals surface area (Å²) < 4.78 is 0. The minimum absolute atomic E-state index is 0.0213. The number of likely N-dealkylation sites (tertiary alicyclic amines) is 1. The van der Waals surface area contributed by atoms with Crippen LogP contribution < -0.4 is 11.1 Å². The molecule has 0 aliphatic carbocycles. The lowest BCUT2D eigenvalue weighted by Crippen LogP contribution is -2.55. The van der Waals surface area contributed by atoms with Gasteiger partial charge in [0, 0.05) is 19.1 Å². The Bertz CT molecular complexity index is 818. The molecule has 2 aromatic carbocycles. The highest BCUT2D eigenvalue weighted by molar-refractivity contribution is 5.89. The van der Waals surface area contributed by atoms with Crippen molar-refractivity contribution in [1.29, 1.82) is 0 Å². The summed E-state index contributed by atoms with van der Waals surface area (Å²) in [4.78, 5) is 27.3. The molecule has 2 aromatic rings. The maximum absolute atomic E-state index is 12.9. The van der Waals surface area contributed by atoms with Crippen molar-refractivity contribution >= 4 is 22.6 Å². The van der Waals surface area contributed by atoms with Gasteiger partial charge in [-0.05, 0) is 35.1 Å². The van der Waals surface area contributed by atoms with Crippen LogP contribution in [0.3, 0.4) is 0 Å². The molecule has 0 aromatic heterocycles. The van der Waals surface area contributed by atoms with Crippen molar-refractivity contribution in [3.05, 3.63) is 48.0 Å². The number of carbonyl (C=O) groups excluding carboxylic acids is 2. The number of benzene rings is 2. The highest BCUT2D eigenvalue weighted by atomic mass is 16.2. The van der Waals surface area contributed by atoms with E-state index in [1.54, 1.807) is 4.90 Å². The van der Waals surface area contributed by atoms with Gasteiger partial charge in [0.05, 0.1) is 6.42 Å². The van der Waals surface area contributed by atoms with Crippen LogP contribution in [0.5, 0.6) is 0 Å². The summed E-state index contributed by atoms with van der Waals surface area (Å²) in [7, 11) is 0. The summed E-state index contributed by atoms with van der Waals surface area (Å²) in [5.41, 5.74) is 6.95. The number of piperidine rings is 1. The molecule has 3 N–H and O–H groups in total. The molecule has 1 aliphatic heterocycles. The predicted molar refractivity (Wildman–Crippen MR) is 108 cm³/mol. The van der Waals surface area contributed by atoms with Gasteiger partial charge in [-0.25, -0.2) is 0 Å². The molecule has 5 nitrogen and oxygen atoms in total. The predicted octanol–water partition coefficient (Wildman–Crippen LogP) is 2.47. The second-order valence-electron chi connectivity index (χ2n) is 7.83. The summed E-state index contributed by atoms with van der Waals surface area (Å²) in [5.74, 6) is -0.123. The number of rotatable bonds is 5. The Morgan fingerprint density at radius 3 is 2.63 bits per heavy atom. The Morgan fingerprint density at radius 1 is 1.19 bits per heavy atom. The number of fused-ring (bicyclic) bond motifs is 1. The van der Waals surface area contributed by atoms with Crippen LogP contribution >= 0.6 is 0 Å². The molecule has 144 valence electrons. The topological polar surface area (TPSA) is 75.4 Å². The van der Waals surface area contributed by atoms with E-state index >= 15 is 0 Å². The van der Waals surface area contributed by atoms with Gasteiger partial charge in [-0.2, -0.15) is 0 Å². The Balaban J connectivity index is 1.66. The largest absolute Gasteiger partial charge is 0.344 e. The Labute approximate surface area is 160 Å². The van der Waals surface area contributed by atoms with E-state index in [0.717, 1.165) is 35.7 Å². The van der Waals surface area contributed by atoms with Gasteiger partial charge in [-0.1, -0.05) is 56.3 Å². The van der Waals surface area contributed by atoms with E-state index in [4.69, 9.17) is 5.73 Å². The highest BCUT2D eigenvalue weighted by Gasteiger charge is 2.30. The lowest BCUT2D eigenvalue weighted by Gasteiger charge is -2.34. The lowest BCUT2D eigenvalue weighted by molar-refractivity contribution is -0.138. The summed E-state index contributed by atoms with van der Waals surface area (Å²) in [5, 5.41) is 5.22. The second-order valence-corrected chi connectivity index (χ2v) is 7.83. The molecule has 2 unspecified atom stereocenters. The molecule has 5 heteroatoms. The molecule has 0 bridgehead atoms. The molecule has 2 amide bonds. The summed E-state index contributed by atoms with van der Waals surface area (Å²) in [6, 6.07) is 13.6. The maximum atomic E-state index is 12.9. The van der Waals surface area contributed by atoms with E-state index in [1.165, 1.54) is 0 Å². The molecule has 2 atom stereocenters. The number of hydrogen-bond acceptors (Lipinski definition) is 3. The van der Waals surface area contributed by atoms with Crippen molar-refractivity contribution in [3.63, 3.8) is 0 Å². The zero-order valence-corrected chi connectivity index (χ0v) is 16.2. The molecule has 0 saturated carbocycles. The minimum atomic E-state index is -0.511. The Hall–Kier alpha value is -2.40. The van der Waals surface area contributed by atoms with Crippen LogP contribution in [-0.2, 0) is 16.0 Å². The standard InChI is InChI=1S/C22H29N3O2/c1-15(2)21(22(27)25-11-5-8-19(23)14-25)24-20(26)13-16-9-10-17-6-3-4-7-18(17)12-16/h3-4,6-7,9-10,12,15,19,21H,5,8,11,13-14,23H2,1-2H3,(H,24,26).